The van der Waals surface area contributed by atoms with Gasteiger partial charge in [0.05, 0.1) is 6.26 Å². The third-order valence-electron chi connectivity index (χ3n) is 4.52. The van der Waals surface area contributed by atoms with Gasteiger partial charge in [0.25, 0.3) is 5.91 Å². The first kappa shape index (κ1) is 18.2. The summed E-state index contributed by atoms with van der Waals surface area (Å²) in [6.07, 6.45) is 5.50. The second-order valence-electron chi connectivity index (χ2n) is 6.46. The highest BCUT2D eigenvalue weighted by Crippen LogP contribution is 2.18. The molecule has 1 amide bonds. The highest BCUT2D eigenvalue weighted by Gasteiger charge is 2.24. The van der Waals surface area contributed by atoms with E-state index >= 15 is 0 Å². The zero-order valence-corrected chi connectivity index (χ0v) is 15.6. The van der Waals surface area contributed by atoms with Crippen LogP contribution in [0, 0.1) is 0 Å². The molecule has 26 heavy (non-hydrogen) atoms. The highest BCUT2D eigenvalue weighted by atomic mass is 16.3. The molecule has 3 rings (SSSR count). The monoisotopic (exact) mass is 357 g/mol. The first-order chi connectivity index (χ1) is 12.7. The number of anilines is 2. The second kappa shape index (κ2) is 8.69. The number of carbonyl (C=O) groups is 1. The Morgan fingerprint density at radius 2 is 1.88 bits per heavy atom. The summed E-state index contributed by atoms with van der Waals surface area (Å²) >= 11 is 0. The third-order valence-corrected chi connectivity index (χ3v) is 4.52. The van der Waals surface area contributed by atoms with Crippen LogP contribution in [0.1, 0.15) is 37.2 Å². The van der Waals surface area contributed by atoms with Crippen LogP contribution in [0.5, 0.6) is 0 Å². The molecule has 7 nitrogen and oxygen atoms in total. The molecule has 7 heteroatoms. The molecule has 0 spiro atoms. The predicted molar refractivity (Wildman–Crippen MR) is 102 cm³/mol. The molecule has 2 aromatic rings. The average Bonchev–Trinajstić information content (AvgIpc) is 3.22. The molecule has 2 aromatic heterocycles. The fourth-order valence-electron chi connectivity index (χ4n) is 3.21. The second-order valence-corrected chi connectivity index (χ2v) is 6.46. The summed E-state index contributed by atoms with van der Waals surface area (Å²) in [6.45, 7) is 9.09. The van der Waals surface area contributed by atoms with Gasteiger partial charge >= 0.3 is 0 Å². The maximum absolute atomic E-state index is 12.4. The van der Waals surface area contributed by atoms with E-state index in [0.717, 1.165) is 50.8 Å². The topological polar surface area (TPSA) is 65.7 Å². The van der Waals surface area contributed by atoms with Crippen molar-refractivity contribution in [3.8, 4) is 0 Å². The van der Waals surface area contributed by atoms with Crippen LogP contribution in [-0.2, 0) is 0 Å². The van der Waals surface area contributed by atoms with Crippen LogP contribution in [0.25, 0.3) is 0 Å². The maximum atomic E-state index is 12.4. The Labute approximate surface area is 154 Å². The van der Waals surface area contributed by atoms with Gasteiger partial charge < -0.3 is 19.1 Å². The van der Waals surface area contributed by atoms with E-state index in [0.29, 0.717) is 18.8 Å². The number of carbonyl (C=O) groups excluding carboxylic acids is 1. The molecule has 0 N–H and O–H groups in total. The molecule has 140 valence electrons. The van der Waals surface area contributed by atoms with Crippen LogP contribution >= 0.6 is 0 Å². The molecule has 1 aliphatic rings. The Balaban J connectivity index is 1.64. The lowest BCUT2D eigenvalue weighted by Gasteiger charge is -2.35. The van der Waals surface area contributed by atoms with E-state index in [1.165, 1.54) is 6.26 Å². The Morgan fingerprint density at radius 3 is 2.50 bits per heavy atom. The first-order valence-corrected chi connectivity index (χ1v) is 9.38. The van der Waals surface area contributed by atoms with E-state index in [9.17, 15) is 4.79 Å². The fourth-order valence-corrected chi connectivity index (χ4v) is 3.21. The quantitative estimate of drug-likeness (QED) is 0.759. The maximum Gasteiger partial charge on any atom is 0.289 e. The SMILES string of the molecule is CCCN(CCC)c1nccc(N2CCN(C(=O)c3ccco3)CC2)n1. The molecule has 1 saturated heterocycles. The van der Waals surface area contributed by atoms with Gasteiger partial charge in [0, 0.05) is 45.5 Å². The lowest BCUT2D eigenvalue weighted by atomic mass is 10.3. The molecular weight excluding hydrogens is 330 g/mol. The summed E-state index contributed by atoms with van der Waals surface area (Å²) in [7, 11) is 0. The van der Waals surface area contributed by atoms with Crippen molar-refractivity contribution in [1.29, 1.82) is 0 Å². The van der Waals surface area contributed by atoms with Gasteiger partial charge in [0.15, 0.2) is 5.76 Å². The molecule has 0 aliphatic carbocycles. The summed E-state index contributed by atoms with van der Waals surface area (Å²) in [5, 5.41) is 0. The predicted octanol–water partition coefficient (Wildman–Crippen LogP) is 2.66. The zero-order chi connectivity index (χ0) is 18.4. The summed E-state index contributed by atoms with van der Waals surface area (Å²) in [6, 6.07) is 5.40. The largest absolute Gasteiger partial charge is 0.459 e. The van der Waals surface area contributed by atoms with Crippen LogP contribution in [0.4, 0.5) is 11.8 Å². The molecule has 0 radical (unpaired) electrons. The number of piperazine rings is 1. The van der Waals surface area contributed by atoms with E-state index in [1.807, 2.05) is 17.2 Å². The lowest BCUT2D eigenvalue weighted by molar-refractivity contribution is 0.0714. The lowest BCUT2D eigenvalue weighted by Crippen LogP contribution is -2.49. The van der Waals surface area contributed by atoms with Gasteiger partial charge in [-0.2, -0.15) is 4.98 Å². The van der Waals surface area contributed by atoms with Crippen molar-refractivity contribution in [3.05, 3.63) is 36.4 Å². The Hall–Kier alpha value is -2.57. The van der Waals surface area contributed by atoms with Crippen LogP contribution in [0.2, 0.25) is 0 Å². The van der Waals surface area contributed by atoms with Gasteiger partial charge in [0.1, 0.15) is 5.82 Å². The summed E-state index contributed by atoms with van der Waals surface area (Å²) in [5.41, 5.74) is 0. The number of amides is 1. The van der Waals surface area contributed by atoms with Gasteiger partial charge in [-0.1, -0.05) is 13.8 Å². The molecule has 0 saturated carbocycles. The van der Waals surface area contributed by atoms with Crippen molar-refractivity contribution >= 4 is 17.7 Å². The molecule has 3 heterocycles. The van der Waals surface area contributed by atoms with E-state index < -0.39 is 0 Å². The van der Waals surface area contributed by atoms with Crippen LogP contribution < -0.4 is 9.80 Å². The fraction of sp³-hybridized carbons (Fsp3) is 0.526. The standard InChI is InChI=1S/C19H27N5O2/c1-3-9-24(10-4-2)19-20-8-7-17(21-19)22-11-13-23(14-12-22)18(25)16-6-5-15-26-16/h5-8,15H,3-4,9-14H2,1-2H3. The van der Waals surface area contributed by atoms with Gasteiger partial charge in [-0.25, -0.2) is 4.98 Å². The molecule has 0 aromatic carbocycles. The van der Waals surface area contributed by atoms with Crippen molar-refractivity contribution < 1.29 is 9.21 Å². The van der Waals surface area contributed by atoms with E-state index in [2.05, 4.69) is 28.6 Å². The third kappa shape index (κ3) is 4.15. The summed E-state index contributed by atoms with van der Waals surface area (Å²) in [4.78, 5) is 27.9. The van der Waals surface area contributed by atoms with E-state index in [4.69, 9.17) is 9.40 Å². The highest BCUT2D eigenvalue weighted by molar-refractivity contribution is 5.91. The van der Waals surface area contributed by atoms with E-state index in [-0.39, 0.29) is 5.91 Å². The number of rotatable bonds is 7. The van der Waals surface area contributed by atoms with Crippen molar-refractivity contribution in [2.24, 2.45) is 0 Å². The Kier molecular flexibility index (Phi) is 6.09. The number of furan rings is 1. The Bertz CT molecular complexity index is 690. The average molecular weight is 357 g/mol. The van der Waals surface area contributed by atoms with Crippen molar-refractivity contribution in [2.75, 3.05) is 49.1 Å². The van der Waals surface area contributed by atoms with Crippen LogP contribution in [0.15, 0.2) is 35.1 Å². The smallest absolute Gasteiger partial charge is 0.289 e. The molecule has 0 unspecified atom stereocenters. The van der Waals surface area contributed by atoms with E-state index in [1.54, 1.807) is 12.1 Å². The summed E-state index contributed by atoms with van der Waals surface area (Å²) in [5.74, 6) is 2.07. The minimum absolute atomic E-state index is 0.0462. The van der Waals surface area contributed by atoms with Crippen molar-refractivity contribution in [3.63, 3.8) is 0 Å². The normalized spacial score (nSPS) is 14.5. The van der Waals surface area contributed by atoms with Crippen molar-refractivity contribution in [2.45, 2.75) is 26.7 Å². The van der Waals surface area contributed by atoms with Crippen LogP contribution in [0.3, 0.4) is 0 Å². The molecular formula is C19H27N5O2. The zero-order valence-electron chi connectivity index (χ0n) is 15.6. The molecule has 0 atom stereocenters. The molecule has 1 aliphatic heterocycles. The number of hydrogen-bond acceptors (Lipinski definition) is 6. The molecule has 0 bridgehead atoms. The van der Waals surface area contributed by atoms with Gasteiger partial charge in [-0.15, -0.1) is 0 Å². The number of aromatic nitrogens is 2. The van der Waals surface area contributed by atoms with Crippen molar-refractivity contribution in [1.82, 2.24) is 14.9 Å². The summed E-state index contributed by atoms with van der Waals surface area (Å²) < 4.78 is 5.22. The number of nitrogens with zero attached hydrogens (tertiary/aromatic N) is 5. The first-order valence-electron chi connectivity index (χ1n) is 9.38. The Morgan fingerprint density at radius 1 is 1.15 bits per heavy atom. The van der Waals surface area contributed by atoms with Crippen LogP contribution in [-0.4, -0.2) is 60.0 Å². The minimum Gasteiger partial charge on any atom is -0.459 e. The van der Waals surface area contributed by atoms with Gasteiger partial charge in [-0.3, -0.25) is 4.79 Å². The van der Waals surface area contributed by atoms with Gasteiger partial charge in [0.2, 0.25) is 5.95 Å². The van der Waals surface area contributed by atoms with Gasteiger partial charge in [-0.05, 0) is 31.0 Å². The number of hydrogen-bond donors (Lipinski definition) is 0. The molecule has 1 fully saturated rings. The minimum atomic E-state index is -0.0462.